The summed E-state index contributed by atoms with van der Waals surface area (Å²) in [6.45, 7) is 0. The molecule has 0 saturated heterocycles. The number of aldehydes is 1. The fourth-order valence-corrected chi connectivity index (χ4v) is 2.10. The topological polar surface area (TPSA) is 47.3 Å². The minimum absolute atomic E-state index is 0.514. The predicted octanol–water partition coefficient (Wildman–Crippen LogP) is 2.97. The van der Waals surface area contributed by atoms with Crippen LogP contribution >= 0.6 is 15.9 Å². The van der Waals surface area contributed by atoms with Gasteiger partial charge in [0.2, 0.25) is 5.78 Å². The van der Waals surface area contributed by atoms with Crippen molar-refractivity contribution < 1.29 is 4.79 Å². The van der Waals surface area contributed by atoms with E-state index in [0.717, 1.165) is 16.3 Å². The normalized spacial score (nSPS) is 10.7. The molecule has 0 spiro atoms. The van der Waals surface area contributed by atoms with Gasteiger partial charge in [-0.2, -0.15) is 0 Å². The van der Waals surface area contributed by atoms with Crippen molar-refractivity contribution in [1.29, 1.82) is 0 Å². The summed E-state index contributed by atoms with van der Waals surface area (Å²) in [7, 11) is 0. The van der Waals surface area contributed by atoms with E-state index in [4.69, 9.17) is 0 Å². The van der Waals surface area contributed by atoms with Crippen LogP contribution in [0, 0.1) is 0 Å². The Bertz CT molecular complexity index is 719. The number of hydrogen-bond donors (Lipinski definition) is 0. The van der Waals surface area contributed by atoms with Gasteiger partial charge in [-0.3, -0.25) is 9.20 Å². The van der Waals surface area contributed by atoms with E-state index in [1.54, 1.807) is 22.9 Å². The van der Waals surface area contributed by atoms with E-state index in [1.165, 1.54) is 0 Å². The molecule has 0 radical (unpaired) electrons. The van der Waals surface area contributed by atoms with Gasteiger partial charge in [0.1, 0.15) is 11.4 Å². The number of hydrogen-bond acceptors (Lipinski definition) is 3. The van der Waals surface area contributed by atoms with E-state index in [9.17, 15) is 4.79 Å². The zero-order valence-electron chi connectivity index (χ0n) is 9.25. The monoisotopic (exact) mass is 301 g/mol. The summed E-state index contributed by atoms with van der Waals surface area (Å²) in [5, 5.41) is 0. The first-order valence-electron chi connectivity index (χ1n) is 5.34. The van der Waals surface area contributed by atoms with Crippen LogP contribution in [0.2, 0.25) is 0 Å². The lowest BCUT2D eigenvalue weighted by Crippen LogP contribution is -1.92. The van der Waals surface area contributed by atoms with E-state index in [0.29, 0.717) is 17.2 Å². The fourth-order valence-electron chi connectivity index (χ4n) is 1.84. The van der Waals surface area contributed by atoms with E-state index >= 15 is 0 Å². The van der Waals surface area contributed by atoms with E-state index in [1.807, 2.05) is 24.3 Å². The maximum atomic E-state index is 11.2. The molecule has 3 rings (SSSR count). The Labute approximate surface area is 111 Å². The molecule has 2 heterocycles. The van der Waals surface area contributed by atoms with Gasteiger partial charge in [0.05, 0.1) is 0 Å². The highest BCUT2D eigenvalue weighted by Gasteiger charge is 2.13. The van der Waals surface area contributed by atoms with Gasteiger partial charge in [0, 0.05) is 22.4 Å². The van der Waals surface area contributed by atoms with Crippen molar-refractivity contribution in [2.24, 2.45) is 0 Å². The third-order valence-electron chi connectivity index (χ3n) is 2.67. The molecular weight excluding hydrogens is 294 g/mol. The van der Waals surface area contributed by atoms with Gasteiger partial charge < -0.3 is 0 Å². The molecule has 0 atom stereocenters. The highest BCUT2D eigenvalue weighted by Crippen LogP contribution is 2.24. The lowest BCUT2D eigenvalue weighted by atomic mass is 10.1. The minimum Gasteiger partial charge on any atom is -0.296 e. The highest BCUT2D eigenvalue weighted by molar-refractivity contribution is 9.10. The molecule has 0 saturated carbocycles. The largest absolute Gasteiger partial charge is 0.296 e. The van der Waals surface area contributed by atoms with Crippen LogP contribution in [-0.4, -0.2) is 20.7 Å². The van der Waals surface area contributed by atoms with Crippen molar-refractivity contribution >= 4 is 28.0 Å². The number of carbonyl (C=O) groups is 1. The quantitative estimate of drug-likeness (QED) is 0.684. The molecule has 0 aliphatic carbocycles. The molecule has 0 amide bonds. The maximum absolute atomic E-state index is 11.2. The molecule has 0 N–H and O–H groups in total. The Morgan fingerprint density at radius 2 is 2.00 bits per heavy atom. The molecule has 5 heteroatoms. The summed E-state index contributed by atoms with van der Waals surface area (Å²) in [6.07, 6.45) is 4.24. The molecule has 0 aliphatic heterocycles. The Morgan fingerprint density at radius 1 is 1.22 bits per heavy atom. The average molecular weight is 302 g/mol. The lowest BCUT2D eigenvalue weighted by Gasteiger charge is -1.98. The van der Waals surface area contributed by atoms with Gasteiger partial charge in [-0.25, -0.2) is 9.97 Å². The highest BCUT2D eigenvalue weighted by atomic mass is 79.9. The predicted molar refractivity (Wildman–Crippen MR) is 71.5 cm³/mol. The van der Waals surface area contributed by atoms with E-state index < -0.39 is 0 Å². The zero-order valence-corrected chi connectivity index (χ0v) is 10.8. The van der Waals surface area contributed by atoms with Crippen LogP contribution < -0.4 is 0 Å². The minimum atomic E-state index is 0.514. The first kappa shape index (κ1) is 11.1. The number of rotatable bonds is 2. The molecule has 0 aliphatic rings. The smallest absolute Gasteiger partial charge is 0.234 e. The maximum Gasteiger partial charge on any atom is 0.234 e. The van der Waals surface area contributed by atoms with Crippen molar-refractivity contribution in [3.63, 3.8) is 0 Å². The fraction of sp³-hybridized carbons (Fsp3) is 0. The van der Waals surface area contributed by atoms with Crippen LogP contribution in [0.4, 0.5) is 0 Å². The van der Waals surface area contributed by atoms with Crippen LogP contribution in [0.5, 0.6) is 0 Å². The van der Waals surface area contributed by atoms with Crippen molar-refractivity contribution in [2.45, 2.75) is 0 Å². The van der Waals surface area contributed by atoms with Gasteiger partial charge in [0.25, 0.3) is 0 Å². The third kappa shape index (κ3) is 1.73. The van der Waals surface area contributed by atoms with Crippen LogP contribution in [0.3, 0.4) is 0 Å². The van der Waals surface area contributed by atoms with Crippen molar-refractivity contribution in [2.75, 3.05) is 0 Å². The molecular formula is C13H8BrN3O. The Hall–Kier alpha value is -2.01. The molecule has 1 aromatic carbocycles. The Morgan fingerprint density at radius 3 is 2.72 bits per heavy atom. The van der Waals surface area contributed by atoms with Crippen LogP contribution in [0.1, 0.15) is 10.5 Å². The molecule has 0 unspecified atom stereocenters. The SMILES string of the molecule is O=Cc1c(-c2ccc(Br)cc2)nc2ncccn12. The Kier molecular flexibility index (Phi) is 2.68. The number of aromatic nitrogens is 3. The summed E-state index contributed by atoms with van der Waals surface area (Å²) in [6, 6.07) is 9.44. The van der Waals surface area contributed by atoms with Crippen molar-refractivity contribution in [3.05, 3.63) is 52.9 Å². The molecule has 18 heavy (non-hydrogen) atoms. The Balaban J connectivity index is 2.28. The number of fused-ring (bicyclic) bond motifs is 1. The van der Waals surface area contributed by atoms with Crippen LogP contribution in [-0.2, 0) is 0 Å². The summed E-state index contributed by atoms with van der Waals surface area (Å²) in [4.78, 5) is 19.8. The molecule has 3 aromatic rings. The van der Waals surface area contributed by atoms with Gasteiger partial charge >= 0.3 is 0 Å². The molecule has 88 valence electrons. The second kappa shape index (κ2) is 4.34. The van der Waals surface area contributed by atoms with Gasteiger partial charge in [-0.15, -0.1) is 0 Å². The number of benzene rings is 1. The first-order valence-corrected chi connectivity index (χ1v) is 6.13. The van der Waals surface area contributed by atoms with E-state index in [-0.39, 0.29) is 0 Å². The van der Waals surface area contributed by atoms with E-state index in [2.05, 4.69) is 25.9 Å². The van der Waals surface area contributed by atoms with Crippen LogP contribution in [0.15, 0.2) is 47.2 Å². The van der Waals surface area contributed by atoms with Crippen molar-refractivity contribution in [3.8, 4) is 11.3 Å². The number of halogens is 1. The summed E-state index contributed by atoms with van der Waals surface area (Å²) >= 11 is 3.38. The van der Waals surface area contributed by atoms with Crippen LogP contribution in [0.25, 0.3) is 17.0 Å². The second-order valence-corrected chi connectivity index (χ2v) is 4.68. The van der Waals surface area contributed by atoms with Gasteiger partial charge in [-0.05, 0) is 18.2 Å². The molecule has 0 fully saturated rings. The second-order valence-electron chi connectivity index (χ2n) is 3.76. The average Bonchev–Trinajstić information content (AvgIpc) is 2.78. The number of imidazole rings is 1. The molecule has 4 nitrogen and oxygen atoms in total. The third-order valence-corrected chi connectivity index (χ3v) is 3.20. The standard InChI is InChI=1S/C13H8BrN3O/c14-10-4-2-9(3-5-10)12-11(8-18)17-7-1-6-15-13(17)16-12/h1-8H. The van der Waals surface area contributed by atoms with Gasteiger partial charge in [-0.1, -0.05) is 28.1 Å². The summed E-state index contributed by atoms with van der Waals surface area (Å²) < 4.78 is 2.67. The molecule has 2 aromatic heterocycles. The summed E-state index contributed by atoms with van der Waals surface area (Å²) in [5.41, 5.74) is 2.06. The lowest BCUT2D eigenvalue weighted by molar-refractivity contribution is 0.111. The van der Waals surface area contributed by atoms with Gasteiger partial charge in [0.15, 0.2) is 6.29 Å². The first-order chi connectivity index (χ1) is 8.79. The van der Waals surface area contributed by atoms with Crippen molar-refractivity contribution in [1.82, 2.24) is 14.4 Å². The summed E-state index contributed by atoms with van der Waals surface area (Å²) in [5.74, 6) is 0.525. The molecule has 0 bridgehead atoms. The zero-order chi connectivity index (χ0) is 12.5. The number of nitrogens with zero attached hydrogens (tertiary/aromatic N) is 3. The number of carbonyl (C=O) groups excluding carboxylic acids is 1.